The van der Waals surface area contributed by atoms with Gasteiger partial charge in [-0.3, -0.25) is 0 Å². The molecule has 2 aromatic rings. The van der Waals surface area contributed by atoms with Crippen LogP contribution in [0.25, 0.3) is 0 Å². The Morgan fingerprint density at radius 1 is 1.26 bits per heavy atom. The fourth-order valence-electron chi connectivity index (χ4n) is 1.81. The number of aryl methyl sites for hydroxylation is 1. The number of aromatic carboxylic acids is 1. The zero-order chi connectivity index (χ0) is 17.4. The molecule has 0 aliphatic heterocycles. The van der Waals surface area contributed by atoms with Crippen molar-refractivity contribution in [2.75, 3.05) is 0 Å². The van der Waals surface area contributed by atoms with Crippen molar-refractivity contribution in [2.24, 2.45) is 0 Å². The second kappa shape index (κ2) is 5.61. The quantitative estimate of drug-likeness (QED) is 0.890. The molecule has 0 saturated carbocycles. The topological polar surface area (TPSA) is 104 Å². The van der Waals surface area contributed by atoms with Crippen molar-refractivity contribution in [3.8, 4) is 0 Å². The first-order valence-corrected chi connectivity index (χ1v) is 7.63. The van der Waals surface area contributed by atoms with Crippen LogP contribution in [0.3, 0.4) is 0 Å². The Labute approximate surface area is 129 Å². The average Bonchev–Trinajstić information content (AvgIpc) is 2.46. The van der Waals surface area contributed by atoms with Crippen molar-refractivity contribution >= 4 is 15.7 Å². The molecule has 0 aliphatic carbocycles. The molecule has 1 aromatic carbocycles. The predicted molar refractivity (Wildman–Crippen MR) is 72.6 cm³/mol. The molecule has 0 amide bonds. The first-order chi connectivity index (χ1) is 10.5. The van der Waals surface area contributed by atoms with E-state index in [-0.39, 0.29) is 5.69 Å². The van der Waals surface area contributed by atoms with Gasteiger partial charge in [0.05, 0.1) is 21.7 Å². The van der Waals surface area contributed by atoms with E-state index in [1.807, 2.05) is 0 Å². The fourth-order valence-corrected chi connectivity index (χ4v) is 3.20. The van der Waals surface area contributed by atoms with Gasteiger partial charge in [-0.15, -0.1) is 5.10 Å². The Bertz CT molecular complexity index is 880. The van der Waals surface area contributed by atoms with E-state index in [2.05, 4.69) is 10.2 Å². The van der Waals surface area contributed by atoms with Gasteiger partial charge < -0.3 is 5.11 Å². The molecule has 2 rings (SSSR count). The van der Waals surface area contributed by atoms with Gasteiger partial charge in [0.2, 0.25) is 0 Å². The van der Waals surface area contributed by atoms with Gasteiger partial charge in [0.25, 0.3) is 0 Å². The largest absolute Gasteiger partial charge is 0.478 e. The van der Waals surface area contributed by atoms with Crippen molar-refractivity contribution in [3.05, 3.63) is 47.2 Å². The average molecular weight is 345 g/mol. The smallest absolute Gasteiger partial charge is 0.416 e. The summed E-state index contributed by atoms with van der Waals surface area (Å²) in [5.41, 5.74) is -1.41. The van der Waals surface area contributed by atoms with E-state index in [4.69, 9.17) is 9.89 Å². The molecule has 1 aromatic heterocycles. The van der Waals surface area contributed by atoms with Crippen LogP contribution >= 0.6 is 0 Å². The summed E-state index contributed by atoms with van der Waals surface area (Å²) in [6.45, 7) is 1.44. The Morgan fingerprint density at radius 3 is 2.48 bits per heavy atom. The summed E-state index contributed by atoms with van der Waals surface area (Å²) < 4.78 is 58.8. The minimum atomic E-state index is -4.68. The van der Waals surface area contributed by atoms with Crippen molar-refractivity contribution in [1.29, 1.82) is 4.78 Å². The number of carboxylic acid groups (broad SMARTS) is 1. The summed E-state index contributed by atoms with van der Waals surface area (Å²) >= 11 is 0. The zero-order valence-corrected chi connectivity index (χ0v) is 12.4. The number of alkyl halides is 3. The van der Waals surface area contributed by atoms with Crippen molar-refractivity contribution in [2.45, 2.75) is 23.0 Å². The lowest BCUT2D eigenvalue weighted by Gasteiger charge is -2.12. The van der Waals surface area contributed by atoms with Gasteiger partial charge in [-0.2, -0.15) is 18.3 Å². The standard InChI is InChI=1S/C13H10F3N3O3S/c1-7-5-10(12(20)21)11(19-18-7)23(17,22)9-4-2-3-8(6-9)13(14,15)16/h2-6,17H,1H3,(H,20,21)/t23-/m0/s1. The Kier molecular flexibility index (Phi) is 4.12. The zero-order valence-electron chi connectivity index (χ0n) is 11.6. The van der Waals surface area contributed by atoms with Crippen LogP contribution in [0.5, 0.6) is 0 Å². The number of benzene rings is 1. The molecule has 10 heteroatoms. The molecule has 23 heavy (non-hydrogen) atoms. The third kappa shape index (κ3) is 3.31. The van der Waals surface area contributed by atoms with Gasteiger partial charge in [0, 0.05) is 0 Å². The van der Waals surface area contributed by atoms with Crippen LogP contribution in [0.2, 0.25) is 0 Å². The summed E-state index contributed by atoms with van der Waals surface area (Å²) in [6.07, 6.45) is -4.68. The van der Waals surface area contributed by atoms with Crippen molar-refractivity contribution in [1.82, 2.24) is 10.2 Å². The highest BCUT2D eigenvalue weighted by atomic mass is 32.2. The van der Waals surface area contributed by atoms with Crippen LogP contribution in [-0.4, -0.2) is 25.5 Å². The minimum absolute atomic E-state index is 0.213. The predicted octanol–water partition coefficient (Wildman–Crippen LogP) is 2.97. The molecule has 0 fully saturated rings. The number of hydrogen-bond acceptors (Lipinski definition) is 5. The molecule has 122 valence electrons. The normalized spacial score (nSPS) is 14.3. The number of hydrogen-bond donors (Lipinski definition) is 2. The van der Waals surface area contributed by atoms with E-state index < -0.39 is 42.9 Å². The molecule has 0 radical (unpaired) electrons. The van der Waals surface area contributed by atoms with E-state index >= 15 is 0 Å². The van der Waals surface area contributed by atoms with Gasteiger partial charge in [-0.25, -0.2) is 13.8 Å². The summed E-state index contributed by atoms with van der Waals surface area (Å²) in [6, 6.07) is 4.42. The van der Waals surface area contributed by atoms with E-state index in [1.165, 1.54) is 6.92 Å². The molecule has 0 unspecified atom stereocenters. The third-order valence-corrected chi connectivity index (χ3v) is 4.64. The molecule has 1 heterocycles. The summed E-state index contributed by atoms with van der Waals surface area (Å²) in [7, 11) is -4.07. The van der Waals surface area contributed by atoms with Gasteiger partial charge in [-0.1, -0.05) is 6.07 Å². The van der Waals surface area contributed by atoms with Crippen LogP contribution in [-0.2, 0) is 15.9 Å². The number of aromatic nitrogens is 2. The van der Waals surface area contributed by atoms with E-state index in [1.54, 1.807) is 0 Å². The lowest BCUT2D eigenvalue weighted by atomic mass is 10.2. The highest BCUT2D eigenvalue weighted by Crippen LogP contribution is 2.32. The Balaban J connectivity index is 2.67. The summed E-state index contributed by atoms with van der Waals surface area (Å²) in [5.74, 6) is -1.50. The number of nitrogens with zero attached hydrogens (tertiary/aromatic N) is 2. The highest BCUT2D eigenvalue weighted by molar-refractivity contribution is 7.92. The van der Waals surface area contributed by atoms with Crippen molar-refractivity contribution < 1.29 is 27.3 Å². The first-order valence-electron chi connectivity index (χ1n) is 6.07. The van der Waals surface area contributed by atoms with Gasteiger partial charge in [0.15, 0.2) is 5.03 Å². The van der Waals surface area contributed by atoms with E-state index in [9.17, 15) is 22.2 Å². The second-order valence-corrected chi connectivity index (χ2v) is 6.56. The maximum atomic E-state index is 12.7. The van der Waals surface area contributed by atoms with Gasteiger partial charge in [-0.05, 0) is 31.2 Å². The number of carboxylic acids is 1. The first kappa shape index (κ1) is 16.9. The molecule has 6 nitrogen and oxygen atoms in total. The SMILES string of the molecule is Cc1cc(C(=O)O)c([S@@](=N)(=O)c2cccc(C(F)(F)F)c2)nn1. The fraction of sp³-hybridized carbons (Fsp3) is 0.154. The van der Waals surface area contributed by atoms with Gasteiger partial charge in [0.1, 0.15) is 9.73 Å². The molecule has 1 atom stereocenters. The van der Waals surface area contributed by atoms with E-state index in [0.29, 0.717) is 6.07 Å². The number of carbonyl (C=O) groups is 1. The highest BCUT2D eigenvalue weighted by Gasteiger charge is 2.32. The second-order valence-electron chi connectivity index (χ2n) is 4.59. The Hall–Kier alpha value is -2.49. The maximum Gasteiger partial charge on any atom is 0.416 e. The summed E-state index contributed by atoms with van der Waals surface area (Å²) in [4.78, 5) is 10.7. The lowest BCUT2D eigenvalue weighted by Crippen LogP contribution is -2.14. The monoisotopic (exact) mass is 345 g/mol. The van der Waals surface area contributed by atoms with Crippen molar-refractivity contribution in [3.63, 3.8) is 0 Å². The van der Waals surface area contributed by atoms with Crippen LogP contribution in [0.15, 0.2) is 40.3 Å². The minimum Gasteiger partial charge on any atom is -0.478 e. The Morgan fingerprint density at radius 2 is 1.91 bits per heavy atom. The molecular formula is C13H10F3N3O3S. The molecular weight excluding hydrogens is 335 g/mol. The number of halogens is 3. The molecule has 0 saturated heterocycles. The molecule has 0 aliphatic rings. The van der Waals surface area contributed by atoms with Crippen LogP contribution < -0.4 is 0 Å². The summed E-state index contributed by atoms with van der Waals surface area (Å²) in [5, 5.41) is 15.5. The maximum absolute atomic E-state index is 12.7. The van der Waals surface area contributed by atoms with Crippen LogP contribution in [0, 0.1) is 11.7 Å². The van der Waals surface area contributed by atoms with Crippen LogP contribution in [0.1, 0.15) is 21.6 Å². The third-order valence-electron chi connectivity index (χ3n) is 2.88. The number of rotatable bonds is 3. The lowest BCUT2D eigenvalue weighted by molar-refractivity contribution is -0.137. The molecule has 0 bridgehead atoms. The molecule has 0 spiro atoms. The molecule has 2 N–H and O–H groups in total. The number of nitrogens with one attached hydrogen (secondary N) is 1. The van der Waals surface area contributed by atoms with Gasteiger partial charge >= 0.3 is 12.1 Å². The van der Waals surface area contributed by atoms with Crippen LogP contribution in [0.4, 0.5) is 13.2 Å². The van der Waals surface area contributed by atoms with E-state index in [0.717, 1.165) is 24.3 Å².